The van der Waals surface area contributed by atoms with Gasteiger partial charge in [-0.05, 0) is 25.5 Å². The maximum atomic E-state index is 11.7. The summed E-state index contributed by atoms with van der Waals surface area (Å²) < 4.78 is 16.5. The van der Waals surface area contributed by atoms with Crippen LogP contribution in [0.2, 0.25) is 0 Å². The number of alkyl halides is 1. The highest BCUT2D eigenvalue weighted by Crippen LogP contribution is 2.09. The van der Waals surface area contributed by atoms with Crippen LogP contribution in [0.3, 0.4) is 0 Å². The van der Waals surface area contributed by atoms with Gasteiger partial charge in [0.15, 0.2) is 0 Å². The Bertz CT molecular complexity index is 154. The molecule has 0 N–H and O–H groups in total. The highest BCUT2D eigenvalue weighted by molar-refractivity contribution is 7.99. The molecule has 0 aliphatic heterocycles. The summed E-state index contributed by atoms with van der Waals surface area (Å²) in [5, 5.41) is 0. The van der Waals surface area contributed by atoms with E-state index in [0.717, 1.165) is 31.4 Å². The number of carbonyl (C=O) groups excluding carboxylic acids is 1. The number of carbonyl (C=O) groups is 1. The van der Waals surface area contributed by atoms with Crippen LogP contribution in [0.4, 0.5) is 4.39 Å². The molecule has 0 spiro atoms. The van der Waals surface area contributed by atoms with Crippen LogP contribution >= 0.6 is 11.8 Å². The second-order valence-corrected chi connectivity index (χ2v) is 4.42. The molecule has 0 saturated carbocycles. The number of rotatable bonds is 10. The molecule has 2 nitrogen and oxygen atoms in total. The number of unbranched alkanes of at least 4 members (excludes halogenated alkanes) is 4. The van der Waals surface area contributed by atoms with Crippen molar-refractivity contribution in [2.24, 2.45) is 0 Å². The molecular weight excluding hydrogens is 215 g/mol. The van der Waals surface area contributed by atoms with Crippen molar-refractivity contribution in [2.45, 2.75) is 39.0 Å². The summed E-state index contributed by atoms with van der Waals surface area (Å²) >= 11 is 1.62. The lowest BCUT2D eigenvalue weighted by atomic mass is 10.2. The largest absolute Gasteiger partial charge is 0.465 e. The minimum absolute atomic E-state index is 0.125. The number of thioether (sulfide) groups is 1. The zero-order chi connectivity index (χ0) is 11.4. The van der Waals surface area contributed by atoms with Crippen LogP contribution in [-0.2, 0) is 9.53 Å². The monoisotopic (exact) mass is 236 g/mol. The Morgan fingerprint density at radius 1 is 1.20 bits per heavy atom. The molecule has 90 valence electrons. The van der Waals surface area contributed by atoms with Crippen LogP contribution in [0.1, 0.15) is 39.0 Å². The van der Waals surface area contributed by atoms with E-state index in [1.807, 2.05) is 6.92 Å². The van der Waals surface area contributed by atoms with Gasteiger partial charge >= 0.3 is 5.97 Å². The van der Waals surface area contributed by atoms with E-state index in [1.165, 1.54) is 0 Å². The van der Waals surface area contributed by atoms with E-state index in [1.54, 1.807) is 11.8 Å². The van der Waals surface area contributed by atoms with Gasteiger partial charge in [-0.15, -0.1) is 0 Å². The van der Waals surface area contributed by atoms with Crippen LogP contribution in [0.15, 0.2) is 0 Å². The molecule has 0 amide bonds. The number of ether oxygens (including phenoxy) is 1. The van der Waals surface area contributed by atoms with Gasteiger partial charge in [0.2, 0.25) is 0 Å². The van der Waals surface area contributed by atoms with Gasteiger partial charge in [-0.2, -0.15) is 11.8 Å². The number of hydrogen-bond acceptors (Lipinski definition) is 3. The Labute approximate surface area is 96.0 Å². The standard InChI is InChI=1S/C11H21FO2S/c1-2-14-11(13)10-15-9-7-5-3-4-6-8-12/h2-10H2,1H3. The van der Waals surface area contributed by atoms with E-state index in [-0.39, 0.29) is 12.6 Å². The average Bonchev–Trinajstić information content (AvgIpc) is 2.22. The quantitative estimate of drug-likeness (QED) is 0.430. The van der Waals surface area contributed by atoms with Crippen LogP contribution in [0.5, 0.6) is 0 Å². The fourth-order valence-electron chi connectivity index (χ4n) is 1.19. The Kier molecular flexibility index (Phi) is 11.6. The summed E-state index contributed by atoms with van der Waals surface area (Å²) in [5.74, 6) is 1.33. The Balaban J connectivity index is 3.01. The molecular formula is C11H21FO2S. The molecule has 0 heterocycles. The Morgan fingerprint density at radius 3 is 2.53 bits per heavy atom. The fraction of sp³-hybridized carbons (Fsp3) is 0.909. The molecule has 0 saturated heterocycles. The molecule has 0 aromatic carbocycles. The van der Waals surface area contributed by atoms with Gasteiger partial charge in [0.05, 0.1) is 19.0 Å². The Morgan fingerprint density at radius 2 is 1.87 bits per heavy atom. The lowest BCUT2D eigenvalue weighted by Gasteiger charge is -2.02. The van der Waals surface area contributed by atoms with Crippen molar-refractivity contribution in [1.29, 1.82) is 0 Å². The van der Waals surface area contributed by atoms with Crippen molar-refractivity contribution in [3.63, 3.8) is 0 Å². The van der Waals surface area contributed by atoms with Gasteiger partial charge in [0.1, 0.15) is 0 Å². The number of esters is 1. The molecule has 0 aromatic rings. The van der Waals surface area contributed by atoms with Crippen LogP contribution in [-0.4, -0.2) is 30.8 Å². The van der Waals surface area contributed by atoms with Gasteiger partial charge in [-0.25, -0.2) is 0 Å². The van der Waals surface area contributed by atoms with Gasteiger partial charge in [-0.3, -0.25) is 9.18 Å². The molecule has 0 atom stereocenters. The molecule has 0 radical (unpaired) electrons. The van der Waals surface area contributed by atoms with Gasteiger partial charge in [-0.1, -0.05) is 19.3 Å². The van der Waals surface area contributed by atoms with Crippen LogP contribution in [0, 0.1) is 0 Å². The molecule has 4 heteroatoms. The molecule has 0 aliphatic carbocycles. The second-order valence-electron chi connectivity index (χ2n) is 3.31. The first kappa shape index (κ1) is 14.8. The van der Waals surface area contributed by atoms with Crippen LogP contribution < -0.4 is 0 Å². The maximum absolute atomic E-state index is 11.7. The number of halogens is 1. The highest BCUT2D eigenvalue weighted by Gasteiger charge is 2.00. The highest BCUT2D eigenvalue weighted by atomic mass is 32.2. The summed E-state index contributed by atoms with van der Waals surface area (Å²) in [5.41, 5.74) is 0. The van der Waals surface area contributed by atoms with E-state index in [2.05, 4.69) is 0 Å². The first-order valence-electron chi connectivity index (χ1n) is 5.60. The lowest BCUT2D eigenvalue weighted by molar-refractivity contribution is -0.139. The fourth-order valence-corrected chi connectivity index (χ4v) is 1.99. The van der Waals surface area contributed by atoms with Gasteiger partial charge < -0.3 is 4.74 Å². The minimum Gasteiger partial charge on any atom is -0.465 e. The summed E-state index contributed by atoms with van der Waals surface area (Å²) in [6.07, 6.45) is 5.02. The lowest BCUT2D eigenvalue weighted by Crippen LogP contribution is -2.06. The molecule has 15 heavy (non-hydrogen) atoms. The van der Waals surface area contributed by atoms with E-state index in [0.29, 0.717) is 18.8 Å². The predicted octanol–water partition coefficient (Wildman–Crippen LogP) is 3.20. The third kappa shape index (κ3) is 11.7. The van der Waals surface area contributed by atoms with Crippen molar-refractivity contribution in [1.82, 2.24) is 0 Å². The van der Waals surface area contributed by atoms with E-state index < -0.39 is 0 Å². The maximum Gasteiger partial charge on any atom is 0.315 e. The van der Waals surface area contributed by atoms with Crippen molar-refractivity contribution in [3.8, 4) is 0 Å². The number of hydrogen-bond donors (Lipinski definition) is 0. The molecule has 0 rings (SSSR count). The van der Waals surface area contributed by atoms with Crippen LogP contribution in [0.25, 0.3) is 0 Å². The zero-order valence-corrected chi connectivity index (χ0v) is 10.3. The van der Waals surface area contributed by atoms with Crippen molar-refractivity contribution < 1.29 is 13.9 Å². The minimum atomic E-state index is -0.197. The smallest absolute Gasteiger partial charge is 0.315 e. The van der Waals surface area contributed by atoms with Crippen molar-refractivity contribution in [3.05, 3.63) is 0 Å². The topological polar surface area (TPSA) is 26.3 Å². The first-order valence-corrected chi connectivity index (χ1v) is 6.76. The Hall–Kier alpha value is -0.250. The predicted molar refractivity (Wildman–Crippen MR) is 63.0 cm³/mol. The van der Waals surface area contributed by atoms with E-state index in [9.17, 15) is 9.18 Å². The van der Waals surface area contributed by atoms with Gasteiger partial charge in [0.25, 0.3) is 0 Å². The third-order valence-corrected chi connectivity index (χ3v) is 2.96. The molecule has 0 bridgehead atoms. The zero-order valence-electron chi connectivity index (χ0n) is 9.47. The van der Waals surface area contributed by atoms with E-state index in [4.69, 9.17) is 4.74 Å². The normalized spacial score (nSPS) is 10.3. The summed E-state index contributed by atoms with van der Waals surface area (Å²) in [4.78, 5) is 10.9. The SMILES string of the molecule is CCOC(=O)CSCCCCCCCF. The molecule has 0 unspecified atom stereocenters. The summed E-state index contributed by atoms with van der Waals surface area (Å²) in [6, 6.07) is 0. The summed E-state index contributed by atoms with van der Waals surface area (Å²) in [7, 11) is 0. The first-order chi connectivity index (χ1) is 7.31. The molecule has 0 aromatic heterocycles. The van der Waals surface area contributed by atoms with Crippen molar-refractivity contribution >= 4 is 17.7 Å². The van der Waals surface area contributed by atoms with Gasteiger partial charge in [0, 0.05) is 0 Å². The molecule has 0 aliphatic rings. The molecule has 0 fully saturated rings. The average molecular weight is 236 g/mol. The summed E-state index contributed by atoms with van der Waals surface area (Å²) in [6.45, 7) is 2.08. The van der Waals surface area contributed by atoms with Crippen molar-refractivity contribution in [2.75, 3.05) is 24.8 Å². The third-order valence-electron chi connectivity index (χ3n) is 1.95. The van der Waals surface area contributed by atoms with E-state index >= 15 is 0 Å². The second kappa shape index (κ2) is 11.8.